The van der Waals surface area contributed by atoms with Crippen molar-refractivity contribution in [1.29, 1.82) is 0 Å². The molecule has 5 nitrogen and oxygen atoms in total. The van der Waals surface area contributed by atoms with Crippen molar-refractivity contribution in [2.75, 3.05) is 11.1 Å². The van der Waals surface area contributed by atoms with Gasteiger partial charge in [0, 0.05) is 23.9 Å². The average Bonchev–Trinajstić information content (AvgIpc) is 2.38. The molecule has 2 heterocycles. The molecule has 0 radical (unpaired) electrons. The number of benzene rings is 1. The van der Waals surface area contributed by atoms with Gasteiger partial charge in [-0.05, 0) is 30.2 Å². The molecule has 0 unspecified atom stereocenters. The fourth-order valence-electron chi connectivity index (χ4n) is 2.08. The van der Waals surface area contributed by atoms with Gasteiger partial charge in [0.25, 0.3) is 0 Å². The number of nitrogen functional groups attached to an aromatic ring is 1. The minimum absolute atomic E-state index is 0.0709. The Kier molecular flexibility index (Phi) is 2.44. The molecular formula is C13H12N4O. The second-order valence-electron chi connectivity index (χ2n) is 4.22. The summed E-state index contributed by atoms with van der Waals surface area (Å²) in [5.41, 5.74) is 9.37. The maximum absolute atomic E-state index is 11.3. The highest BCUT2D eigenvalue weighted by Gasteiger charge is 2.15. The van der Waals surface area contributed by atoms with E-state index in [4.69, 9.17) is 5.73 Å². The molecule has 0 fully saturated rings. The molecule has 1 aliphatic heterocycles. The van der Waals surface area contributed by atoms with Crippen molar-refractivity contribution in [3.63, 3.8) is 0 Å². The van der Waals surface area contributed by atoms with Gasteiger partial charge in [0.05, 0.1) is 5.69 Å². The Labute approximate surface area is 104 Å². The van der Waals surface area contributed by atoms with Gasteiger partial charge < -0.3 is 11.1 Å². The van der Waals surface area contributed by atoms with E-state index in [9.17, 15) is 4.79 Å². The van der Waals surface area contributed by atoms with E-state index in [0.717, 1.165) is 28.9 Å². The van der Waals surface area contributed by atoms with Gasteiger partial charge in [-0.2, -0.15) is 0 Å². The van der Waals surface area contributed by atoms with Gasteiger partial charge in [0.15, 0.2) is 0 Å². The van der Waals surface area contributed by atoms with Crippen LogP contribution >= 0.6 is 0 Å². The zero-order chi connectivity index (χ0) is 12.5. The van der Waals surface area contributed by atoms with E-state index in [1.807, 2.05) is 24.3 Å². The first kappa shape index (κ1) is 10.7. The lowest BCUT2D eigenvalue weighted by Crippen LogP contribution is -2.18. The number of rotatable bonds is 1. The molecule has 1 aromatic carbocycles. The molecule has 1 aromatic heterocycles. The summed E-state index contributed by atoms with van der Waals surface area (Å²) in [5, 5.41) is 2.85. The number of nitrogens with one attached hydrogen (secondary N) is 1. The Morgan fingerprint density at radius 2 is 2.11 bits per heavy atom. The third-order valence-corrected chi connectivity index (χ3v) is 2.97. The van der Waals surface area contributed by atoms with Gasteiger partial charge >= 0.3 is 0 Å². The molecule has 1 amide bonds. The molecule has 0 atom stereocenters. The minimum Gasteiger partial charge on any atom is -0.368 e. The van der Waals surface area contributed by atoms with Gasteiger partial charge in [0.1, 0.15) is 0 Å². The summed E-state index contributed by atoms with van der Waals surface area (Å²) < 4.78 is 0. The predicted molar refractivity (Wildman–Crippen MR) is 68.8 cm³/mol. The highest BCUT2D eigenvalue weighted by molar-refractivity contribution is 5.94. The standard InChI is InChI=1S/C13H12N4O/c14-13-15-6-5-11(17-13)8-1-3-10-9(7-8)2-4-12(18)16-10/h1,3,5-7H,2,4H2,(H,16,18)(H2,14,15,17). The first-order valence-corrected chi connectivity index (χ1v) is 5.74. The molecule has 3 N–H and O–H groups in total. The maximum Gasteiger partial charge on any atom is 0.224 e. The van der Waals surface area contributed by atoms with E-state index in [0.29, 0.717) is 6.42 Å². The van der Waals surface area contributed by atoms with Crippen molar-refractivity contribution in [1.82, 2.24) is 9.97 Å². The predicted octanol–water partition coefficient (Wildman–Crippen LogP) is 1.61. The average molecular weight is 240 g/mol. The lowest BCUT2D eigenvalue weighted by atomic mass is 9.99. The van der Waals surface area contributed by atoms with Crippen molar-refractivity contribution in [2.45, 2.75) is 12.8 Å². The van der Waals surface area contributed by atoms with E-state index >= 15 is 0 Å². The van der Waals surface area contributed by atoms with Crippen LogP contribution in [0.15, 0.2) is 30.5 Å². The van der Waals surface area contributed by atoms with Crippen LogP contribution in [0, 0.1) is 0 Å². The van der Waals surface area contributed by atoms with E-state index < -0.39 is 0 Å². The fourth-order valence-corrected chi connectivity index (χ4v) is 2.08. The van der Waals surface area contributed by atoms with Crippen LogP contribution in [-0.4, -0.2) is 15.9 Å². The SMILES string of the molecule is Nc1nccc(-c2ccc3c(c2)CCC(=O)N3)n1. The molecule has 18 heavy (non-hydrogen) atoms. The number of hydrogen-bond acceptors (Lipinski definition) is 4. The fraction of sp³-hybridized carbons (Fsp3) is 0.154. The zero-order valence-corrected chi connectivity index (χ0v) is 9.68. The summed E-state index contributed by atoms with van der Waals surface area (Å²) in [6, 6.07) is 7.68. The summed E-state index contributed by atoms with van der Waals surface area (Å²) in [4.78, 5) is 19.3. The number of nitrogens with two attached hydrogens (primary N) is 1. The second kappa shape index (κ2) is 4.10. The number of amides is 1. The molecule has 2 aromatic rings. The number of fused-ring (bicyclic) bond motifs is 1. The van der Waals surface area contributed by atoms with E-state index in [-0.39, 0.29) is 11.9 Å². The summed E-state index contributed by atoms with van der Waals surface area (Å²) in [7, 11) is 0. The Morgan fingerprint density at radius 1 is 1.22 bits per heavy atom. The Hall–Kier alpha value is -2.43. The number of carbonyl (C=O) groups excluding carboxylic acids is 1. The van der Waals surface area contributed by atoms with Gasteiger partial charge in [-0.1, -0.05) is 6.07 Å². The lowest BCUT2D eigenvalue weighted by molar-refractivity contribution is -0.116. The molecule has 0 aliphatic carbocycles. The number of anilines is 2. The van der Waals surface area contributed by atoms with Crippen molar-refractivity contribution < 1.29 is 4.79 Å². The monoisotopic (exact) mass is 240 g/mol. The molecule has 5 heteroatoms. The summed E-state index contributed by atoms with van der Waals surface area (Å²) in [6.45, 7) is 0. The van der Waals surface area contributed by atoms with Crippen molar-refractivity contribution in [3.8, 4) is 11.3 Å². The quantitative estimate of drug-likeness (QED) is 0.793. The van der Waals surface area contributed by atoms with E-state index in [1.54, 1.807) is 6.20 Å². The Bertz CT molecular complexity index is 624. The van der Waals surface area contributed by atoms with Crippen LogP contribution in [0.25, 0.3) is 11.3 Å². The summed E-state index contributed by atoms with van der Waals surface area (Å²) in [6.07, 6.45) is 2.93. The van der Waals surface area contributed by atoms with Gasteiger partial charge in [-0.25, -0.2) is 9.97 Å². The third kappa shape index (κ3) is 1.90. The van der Waals surface area contributed by atoms with Crippen LogP contribution in [0.1, 0.15) is 12.0 Å². The van der Waals surface area contributed by atoms with Crippen LogP contribution < -0.4 is 11.1 Å². The van der Waals surface area contributed by atoms with Crippen LogP contribution in [0.3, 0.4) is 0 Å². The zero-order valence-electron chi connectivity index (χ0n) is 9.68. The Balaban J connectivity index is 2.02. The largest absolute Gasteiger partial charge is 0.368 e. The highest BCUT2D eigenvalue weighted by atomic mass is 16.1. The van der Waals surface area contributed by atoms with Crippen LogP contribution in [0.5, 0.6) is 0 Å². The van der Waals surface area contributed by atoms with Gasteiger partial charge in [-0.3, -0.25) is 4.79 Å². The minimum atomic E-state index is 0.0709. The highest BCUT2D eigenvalue weighted by Crippen LogP contribution is 2.27. The number of nitrogens with zero attached hydrogens (tertiary/aromatic N) is 2. The van der Waals surface area contributed by atoms with Gasteiger partial charge in [0.2, 0.25) is 11.9 Å². The third-order valence-electron chi connectivity index (χ3n) is 2.97. The van der Waals surface area contributed by atoms with E-state index in [1.165, 1.54) is 0 Å². The second-order valence-corrected chi connectivity index (χ2v) is 4.22. The lowest BCUT2D eigenvalue weighted by Gasteiger charge is -2.17. The number of aryl methyl sites for hydroxylation is 1. The molecule has 90 valence electrons. The van der Waals surface area contributed by atoms with Crippen molar-refractivity contribution in [3.05, 3.63) is 36.0 Å². The maximum atomic E-state index is 11.3. The first-order valence-electron chi connectivity index (χ1n) is 5.74. The molecule has 0 saturated carbocycles. The van der Waals surface area contributed by atoms with Crippen molar-refractivity contribution >= 4 is 17.5 Å². The molecule has 0 spiro atoms. The number of aromatic nitrogens is 2. The molecule has 0 saturated heterocycles. The molecule has 1 aliphatic rings. The smallest absolute Gasteiger partial charge is 0.224 e. The molecule has 3 rings (SSSR count). The Morgan fingerprint density at radius 3 is 2.94 bits per heavy atom. The number of carbonyl (C=O) groups is 1. The van der Waals surface area contributed by atoms with Crippen molar-refractivity contribution in [2.24, 2.45) is 0 Å². The topological polar surface area (TPSA) is 80.9 Å². The summed E-state index contributed by atoms with van der Waals surface area (Å²) in [5.74, 6) is 0.333. The first-order chi connectivity index (χ1) is 8.72. The molecule has 0 bridgehead atoms. The van der Waals surface area contributed by atoms with Crippen LogP contribution in [-0.2, 0) is 11.2 Å². The van der Waals surface area contributed by atoms with Crippen LogP contribution in [0.4, 0.5) is 11.6 Å². The van der Waals surface area contributed by atoms with Crippen LogP contribution in [0.2, 0.25) is 0 Å². The van der Waals surface area contributed by atoms with Gasteiger partial charge in [-0.15, -0.1) is 0 Å². The normalized spacial score (nSPS) is 13.9. The number of hydrogen-bond donors (Lipinski definition) is 2. The van der Waals surface area contributed by atoms with E-state index in [2.05, 4.69) is 15.3 Å². The summed E-state index contributed by atoms with van der Waals surface area (Å²) >= 11 is 0. The molecular weight excluding hydrogens is 228 g/mol.